The molecule has 2 aromatic carbocycles. The molecule has 2 heterocycles. The summed E-state index contributed by atoms with van der Waals surface area (Å²) in [5, 5.41) is 20.3. The van der Waals surface area contributed by atoms with Gasteiger partial charge in [-0.3, -0.25) is 4.79 Å². The molecule has 19 heteroatoms. The van der Waals surface area contributed by atoms with Crippen molar-refractivity contribution in [2.45, 2.75) is 42.3 Å². The lowest BCUT2D eigenvalue weighted by molar-refractivity contribution is -0.150. The van der Waals surface area contributed by atoms with E-state index in [-0.39, 0.29) is 36.4 Å². The quantitative estimate of drug-likeness (QED) is 0.0642. The molecular formula is C36H33F3N4O11S. The lowest BCUT2D eigenvalue weighted by Gasteiger charge is -2.40. The number of rotatable bonds is 17. The number of nitrogens with zero attached hydrogens (tertiary/aromatic N) is 4. The van der Waals surface area contributed by atoms with E-state index in [9.17, 15) is 28.0 Å². The maximum Gasteiger partial charge on any atom is 0.512 e. The Labute approximate surface area is 315 Å². The third kappa shape index (κ3) is 12.8. The van der Waals surface area contributed by atoms with Gasteiger partial charge in [0.25, 0.3) is 0 Å². The predicted octanol–water partition coefficient (Wildman–Crippen LogP) is 4.82. The summed E-state index contributed by atoms with van der Waals surface area (Å²) < 4.78 is 76.8. The second-order valence-corrected chi connectivity index (χ2v) is 13.0. The molecule has 1 aromatic heterocycles. The Kier molecular flexibility index (Phi) is 15.6. The summed E-state index contributed by atoms with van der Waals surface area (Å²) in [7, 11) is 0. The Balaban J connectivity index is 1.43. The molecule has 0 radical (unpaired) electrons. The van der Waals surface area contributed by atoms with Crippen molar-refractivity contribution in [2.24, 2.45) is 0 Å². The molecule has 2 atom stereocenters. The second kappa shape index (κ2) is 20.5. The zero-order valence-electron chi connectivity index (χ0n) is 28.9. The van der Waals surface area contributed by atoms with E-state index in [1.54, 1.807) is 25.2 Å². The maximum atomic E-state index is 15.6. The summed E-state index contributed by atoms with van der Waals surface area (Å²) in [6, 6.07) is 8.68. The number of thioether (sulfide) groups is 1. The minimum Gasteiger partial charge on any atom is -0.481 e. The van der Waals surface area contributed by atoms with Crippen LogP contribution >= 0.6 is 11.8 Å². The van der Waals surface area contributed by atoms with Crippen molar-refractivity contribution < 1.29 is 65.9 Å². The summed E-state index contributed by atoms with van der Waals surface area (Å²) in [6.07, 6.45) is 7.49. The number of halogens is 3. The van der Waals surface area contributed by atoms with Crippen molar-refractivity contribution >= 4 is 41.9 Å². The van der Waals surface area contributed by atoms with Crippen LogP contribution in [-0.4, -0.2) is 87.3 Å². The number of carboxylic acid groups (broad SMARTS) is 1. The lowest BCUT2D eigenvalue weighted by atomic mass is 9.89. The smallest absolute Gasteiger partial charge is 0.481 e. The molecule has 0 saturated carbocycles. The molecule has 55 heavy (non-hydrogen) atoms. The standard InChI is InChI=1S/C36H33F3N4O11S/c1-23(55-27-17-50-34(51-18-27)5-3-2-4-25-7-6-24(16-40)14-29(25)38)36(19-43-21-41-20-42-43,28-9-8-26(37)15-30(28)39)54-35(48)53-22-52-33(47)11-10-32(46)49-13-12-31(44)45/h2-11,14-15,20-21,23,27,34H,12-13,17-19,22H2,1H3,(H,44,45). The Morgan fingerprint density at radius 3 is 2.45 bits per heavy atom. The predicted molar refractivity (Wildman–Crippen MR) is 185 cm³/mol. The van der Waals surface area contributed by atoms with E-state index in [0.29, 0.717) is 18.2 Å². The number of carbonyl (C=O) groups is 4. The fourth-order valence-electron chi connectivity index (χ4n) is 4.91. The van der Waals surface area contributed by atoms with E-state index in [4.69, 9.17) is 34.1 Å². The maximum absolute atomic E-state index is 15.6. The third-order valence-corrected chi connectivity index (χ3v) is 8.99. The molecule has 0 amide bonds. The van der Waals surface area contributed by atoms with E-state index in [2.05, 4.69) is 14.8 Å². The number of carbonyl (C=O) groups excluding carboxylic acids is 3. The van der Waals surface area contributed by atoms with Gasteiger partial charge in [0.05, 0.1) is 43.1 Å². The summed E-state index contributed by atoms with van der Waals surface area (Å²) in [5.41, 5.74) is -1.72. The first-order valence-corrected chi connectivity index (χ1v) is 17.1. The summed E-state index contributed by atoms with van der Waals surface area (Å²) >= 11 is 1.20. The number of carboxylic acids is 1. The Hall–Kier alpha value is -5.97. The SMILES string of the molecule is CC(SC1COC(C=CC=Cc2ccc(C#N)cc2F)OC1)C(Cn1cncn1)(OC(=O)OCOC(=O)C=CC(=O)OCCC(=O)O)c1ccc(F)cc1F. The van der Waals surface area contributed by atoms with Crippen LogP contribution in [0.4, 0.5) is 18.0 Å². The highest BCUT2D eigenvalue weighted by molar-refractivity contribution is 8.00. The molecule has 1 aliphatic rings. The van der Waals surface area contributed by atoms with Crippen LogP contribution in [0, 0.1) is 28.8 Å². The lowest BCUT2D eigenvalue weighted by Crippen LogP contribution is -2.47. The summed E-state index contributed by atoms with van der Waals surface area (Å²) in [5.74, 6) is -5.84. The van der Waals surface area contributed by atoms with Crippen molar-refractivity contribution in [1.29, 1.82) is 5.26 Å². The Bertz CT molecular complexity index is 1950. The van der Waals surface area contributed by atoms with Gasteiger partial charge in [-0.25, -0.2) is 37.2 Å². The number of ether oxygens (including phenoxy) is 6. The second-order valence-electron chi connectivity index (χ2n) is 11.4. The van der Waals surface area contributed by atoms with E-state index < -0.39 is 83.7 Å². The summed E-state index contributed by atoms with van der Waals surface area (Å²) in [6.45, 7) is 0.121. The van der Waals surface area contributed by atoms with Gasteiger partial charge in [-0.05, 0) is 37.3 Å². The fraction of sp³-hybridized carbons (Fsp3) is 0.306. The molecule has 15 nitrogen and oxygen atoms in total. The largest absolute Gasteiger partial charge is 0.512 e. The average molecular weight is 787 g/mol. The van der Waals surface area contributed by atoms with Gasteiger partial charge < -0.3 is 33.5 Å². The van der Waals surface area contributed by atoms with Crippen molar-refractivity contribution in [3.05, 3.63) is 114 Å². The molecule has 1 N–H and O–H groups in total. The van der Waals surface area contributed by atoms with Gasteiger partial charge in [0.2, 0.25) is 6.79 Å². The van der Waals surface area contributed by atoms with Crippen LogP contribution in [0.5, 0.6) is 0 Å². The number of benzene rings is 2. The summed E-state index contributed by atoms with van der Waals surface area (Å²) in [4.78, 5) is 51.2. The number of hydrogen-bond acceptors (Lipinski definition) is 14. The highest BCUT2D eigenvalue weighted by Gasteiger charge is 2.47. The third-order valence-electron chi connectivity index (χ3n) is 7.54. The molecule has 3 aromatic rings. The minimum absolute atomic E-state index is 0.129. The molecule has 0 bridgehead atoms. The van der Waals surface area contributed by atoms with E-state index in [1.807, 2.05) is 6.07 Å². The van der Waals surface area contributed by atoms with Gasteiger partial charge in [-0.15, -0.1) is 11.8 Å². The van der Waals surface area contributed by atoms with Gasteiger partial charge >= 0.3 is 24.1 Å². The first kappa shape index (κ1) is 41.8. The number of hydrogen-bond donors (Lipinski definition) is 1. The molecule has 4 rings (SSSR count). The van der Waals surface area contributed by atoms with Crippen LogP contribution in [0.2, 0.25) is 0 Å². The van der Waals surface area contributed by atoms with Gasteiger partial charge in [0.1, 0.15) is 36.7 Å². The molecule has 290 valence electrons. The van der Waals surface area contributed by atoms with E-state index >= 15 is 4.39 Å². The normalized spacial score (nSPS) is 17.4. The van der Waals surface area contributed by atoms with Crippen molar-refractivity contribution in [3.63, 3.8) is 0 Å². The molecule has 1 saturated heterocycles. The molecule has 0 spiro atoms. The number of aliphatic carboxylic acids is 1. The van der Waals surface area contributed by atoms with Crippen LogP contribution in [0.3, 0.4) is 0 Å². The van der Waals surface area contributed by atoms with Crippen LogP contribution < -0.4 is 0 Å². The fourth-order valence-corrected chi connectivity index (χ4v) is 6.27. The van der Waals surface area contributed by atoms with Gasteiger partial charge in [0.15, 0.2) is 11.9 Å². The number of esters is 2. The highest BCUT2D eigenvalue weighted by Crippen LogP contribution is 2.42. The van der Waals surface area contributed by atoms with Crippen LogP contribution in [0.15, 0.2) is 79.4 Å². The van der Waals surface area contributed by atoms with E-state index in [0.717, 1.165) is 18.2 Å². The van der Waals surface area contributed by atoms with Crippen molar-refractivity contribution in [2.75, 3.05) is 26.6 Å². The number of aromatic nitrogens is 3. The van der Waals surface area contributed by atoms with Crippen molar-refractivity contribution in [1.82, 2.24) is 14.8 Å². The van der Waals surface area contributed by atoms with Crippen molar-refractivity contribution in [3.8, 4) is 6.07 Å². The first-order chi connectivity index (χ1) is 26.4. The molecule has 1 fully saturated rings. The Morgan fingerprint density at radius 1 is 1.05 bits per heavy atom. The average Bonchev–Trinajstić information content (AvgIpc) is 3.66. The Morgan fingerprint density at radius 2 is 1.80 bits per heavy atom. The van der Waals surface area contributed by atoms with Gasteiger partial charge in [0, 0.05) is 34.6 Å². The molecule has 1 aliphatic heterocycles. The zero-order chi connectivity index (χ0) is 39.8. The highest BCUT2D eigenvalue weighted by atomic mass is 32.2. The topological polar surface area (TPSA) is 198 Å². The first-order valence-electron chi connectivity index (χ1n) is 16.2. The number of nitriles is 1. The monoisotopic (exact) mass is 786 g/mol. The van der Waals surface area contributed by atoms with Gasteiger partial charge in [-0.1, -0.05) is 24.3 Å². The minimum atomic E-state index is -1.96. The molecule has 2 unspecified atom stereocenters. The van der Waals surface area contributed by atoms with Crippen LogP contribution in [0.25, 0.3) is 6.08 Å². The molecule has 0 aliphatic carbocycles. The number of allylic oxidation sites excluding steroid dienone is 2. The van der Waals surface area contributed by atoms with E-state index in [1.165, 1.54) is 47.3 Å². The van der Waals surface area contributed by atoms with Crippen LogP contribution in [-0.2, 0) is 55.0 Å². The van der Waals surface area contributed by atoms with Gasteiger partial charge in [-0.2, -0.15) is 10.4 Å². The molecular weight excluding hydrogens is 753 g/mol. The zero-order valence-corrected chi connectivity index (χ0v) is 29.7. The van der Waals surface area contributed by atoms with Crippen LogP contribution in [0.1, 0.15) is 30.0 Å².